The number of ether oxygens (including phenoxy) is 1. The van der Waals surface area contributed by atoms with Crippen molar-refractivity contribution in [2.75, 3.05) is 13.2 Å². The number of fused-ring (bicyclic) bond motifs is 1. The molecule has 1 fully saturated rings. The normalized spacial score (nSPS) is 17.0. The van der Waals surface area contributed by atoms with E-state index in [9.17, 15) is 9.90 Å². The van der Waals surface area contributed by atoms with Gasteiger partial charge in [-0.1, -0.05) is 19.1 Å². The molecule has 150 valence electrons. The van der Waals surface area contributed by atoms with Gasteiger partial charge >= 0.3 is 0 Å². The number of carbonyl (C=O) groups is 1. The van der Waals surface area contributed by atoms with Crippen LogP contribution in [0.2, 0.25) is 0 Å². The van der Waals surface area contributed by atoms with E-state index in [1.54, 1.807) is 18.2 Å². The average Bonchev–Trinajstić information content (AvgIpc) is 3.25. The van der Waals surface area contributed by atoms with Crippen molar-refractivity contribution in [2.24, 2.45) is 4.99 Å². The Morgan fingerprint density at radius 2 is 2.14 bits per heavy atom. The molecule has 0 saturated carbocycles. The third-order valence-corrected chi connectivity index (χ3v) is 5.04. The number of hydrogen-bond donors (Lipinski definition) is 2. The van der Waals surface area contributed by atoms with Gasteiger partial charge in [-0.25, -0.2) is 4.99 Å². The fourth-order valence-corrected chi connectivity index (χ4v) is 3.42. The molecular weight excluding hydrogens is 368 g/mol. The maximum Gasteiger partial charge on any atom is 0.256 e. The number of phenols is 1. The molecule has 1 atom stereocenters. The molecule has 0 spiro atoms. The van der Waals surface area contributed by atoms with E-state index in [0.717, 1.165) is 31.4 Å². The summed E-state index contributed by atoms with van der Waals surface area (Å²) in [6, 6.07) is 14.3. The van der Waals surface area contributed by atoms with Crippen molar-refractivity contribution in [1.29, 1.82) is 0 Å². The summed E-state index contributed by atoms with van der Waals surface area (Å²) in [4.78, 5) is 17.5. The molecule has 0 unspecified atom stereocenters. The minimum Gasteiger partial charge on any atom is -0.508 e. The summed E-state index contributed by atoms with van der Waals surface area (Å²) in [6.45, 7) is 3.27. The summed E-state index contributed by atoms with van der Waals surface area (Å²) in [5, 5.41) is 13.4. The summed E-state index contributed by atoms with van der Waals surface area (Å²) >= 11 is 0. The molecule has 1 aromatic heterocycles. The molecule has 1 aliphatic rings. The lowest BCUT2D eigenvalue weighted by Gasteiger charge is -2.11. The Labute approximate surface area is 168 Å². The molecule has 0 radical (unpaired) electrons. The lowest BCUT2D eigenvalue weighted by Crippen LogP contribution is -2.34. The molecule has 2 aromatic carbocycles. The largest absolute Gasteiger partial charge is 0.508 e. The first-order chi connectivity index (χ1) is 14.1. The highest BCUT2D eigenvalue weighted by Crippen LogP contribution is 2.20. The molecule has 4 rings (SSSR count). The Morgan fingerprint density at radius 3 is 2.93 bits per heavy atom. The molecule has 29 heavy (non-hydrogen) atoms. The van der Waals surface area contributed by atoms with Gasteiger partial charge in [-0.2, -0.15) is 0 Å². The maximum atomic E-state index is 12.9. The average molecular weight is 392 g/mol. The Bertz CT molecular complexity index is 1100. The van der Waals surface area contributed by atoms with Crippen LogP contribution in [0.3, 0.4) is 0 Å². The van der Waals surface area contributed by atoms with Crippen molar-refractivity contribution in [1.82, 2.24) is 5.32 Å². The quantitative estimate of drug-likeness (QED) is 0.691. The first kappa shape index (κ1) is 19.2. The Morgan fingerprint density at radius 1 is 1.24 bits per heavy atom. The van der Waals surface area contributed by atoms with E-state index >= 15 is 0 Å². The molecule has 1 saturated heterocycles. The topological polar surface area (TPSA) is 84.1 Å². The minimum absolute atomic E-state index is 0.0508. The standard InChI is InChI=1S/C23H24N2O4/c1-2-15-5-3-6-17(11-15)25-23-20(22(27)24-14-19-7-4-10-28-19)12-16-8-9-18(26)13-21(16)29-23/h3,5-6,8-9,11-13,19,26H,2,4,7,10,14H2,1H3,(H,24,27)/t19-/m0/s1. The van der Waals surface area contributed by atoms with E-state index < -0.39 is 0 Å². The second kappa shape index (κ2) is 8.49. The number of rotatable bonds is 5. The van der Waals surface area contributed by atoms with Crippen LogP contribution in [0.5, 0.6) is 5.75 Å². The number of benzene rings is 2. The highest BCUT2D eigenvalue weighted by Gasteiger charge is 2.18. The van der Waals surface area contributed by atoms with Crippen LogP contribution in [-0.2, 0) is 11.2 Å². The fraction of sp³-hybridized carbons (Fsp3) is 0.304. The van der Waals surface area contributed by atoms with Crippen LogP contribution < -0.4 is 10.9 Å². The number of nitrogens with one attached hydrogen (secondary N) is 1. The van der Waals surface area contributed by atoms with Gasteiger partial charge in [0.15, 0.2) is 0 Å². The number of aryl methyl sites for hydroxylation is 1. The number of nitrogens with zero attached hydrogens (tertiary/aromatic N) is 1. The predicted octanol–water partition coefficient (Wildman–Crippen LogP) is 3.84. The Hall–Kier alpha value is -3.12. The van der Waals surface area contributed by atoms with Crippen LogP contribution in [0.4, 0.5) is 5.69 Å². The summed E-state index contributed by atoms with van der Waals surface area (Å²) in [7, 11) is 0. The van der Waals surface area contributed by atoms with Crippen LogP contribution in [0.25, 0.3) is 11.0 Å². The van der Waals surface area contributed by atoms with Gasteiger partial charge in [-0.3, -0.25) is 4.79 Å². The molecule has 1 amide bonds. The van der Waals surface area contributed by atoms with Crippen LogP contribution in [0, 0.1) is 0 Å². The lowest BCUT2D eigenvalue weighted by atomic mass is 10.1. The van der Waals surface area contributed by atoms with Crippen LogP contribution in [-0.4, -0.2) is 30.3 Å². The number of phenolic OH excluding ortho intramolecular Hbond substituents is 1. The highest BCUT2D eigenvalue weighted by molar-refractivity contribution is 5.96. The second-order valence-corrected chi connectivity index (χ2v) is 7.17. The molecule has 2 N–H and O–H groups in total. The zero-order valence-corrected chi connectivity index (χ0v) is 16.4. The Balaban J connectivity index is 1.75. The first-order valence-corrected chi connectivity index (χ1v) is 9.93. The van der Waals surface area contributed by atoms with Crippen molar-refractivity contribution in [3.63, 3.8) is 0 Å². The van der Waals surface area contributed by atoms with E-state index in [0.29, 0.717) is 28.8 Å². The molecule has 3 aromatic rings. The van der Waals surface area contributed by atoms with Gasteiger partial charge in [0.2, 0.25) is 5.55 Å². The van der Waals surface area contributed by atoms with Gasteiger partial charge in [-0.05, 0) is 55.2 Å². The van der Waals surface area contributed by atoms with E-state index in [-0.39, 0.29) is 23.3 Å². The summed E-state index contributed by atoms with van der Waals surface area (Å²) < 4.78 is 11.5. The van der Waals surface area contributed by atoms with E-state index in [1.165, 1.54) is 6.07 Å². The first-order valence-electron chi connectivity index (χ1n) is 9.93. The SMILES string of the molecule is CCc1cccc(N=c2oc3cc(O)ccc3cc2C(=O)NC[C@@H]2CCCO2)c1. The lowest BCUT2D eigenvalue weighted by molar-refractivity contribution is 0.0854. The minimum atomic E-state index is -0.260. The number of amides is 1. The maximum absolute atomic E-state index is 12.9. The number of carbonyl (C=O) groups excluding carboxylic acids is 1. The summed E-state index contributed by atoms with van der Waals surface area (Å²) in [5.41, 5.74) is 2.88. The monoisotopic (exact) mass is 392 g/mol. The molecule has 0 aliphatic carbocycles. The van der Waals surface area contributed by atoms with E-state index in [2.05, 4.69) is 17.2 Å². The highest BCUT2D eigenvalue weighted by atomic mass is 16.5. The van der Waals surface area contributed by atoms with Crippen LogP contribution in [0.1, 0.15) is 35.7 Å². The van der Waals surface area contributed by atoms with Crippen molar-refractivity contribution in [3.8, 4) is 5.75 Å². The van der Waals surface area contributed by atoms with E-state index in [1.807, 2.05) is 24.3 Å². The van der Waals surface area contributed by atoms with Crippen molar-refractivity contribution < 1.29 is 19.1 Å². The third-order valence-electron chi connectivity index (χ3n) is 5.04. The van der Waals surface area contributed by atoms with Crippen LogP contribution in [0.15, 0.2) is 57.9 Å². The van der Waals surface area contributed by atoms with Gasteiger partial charge in [0.1, 0.15) is 16.9 Å². The molecule has 1 aliphatic heterocycles. The molecule has 6 nitrogen and oxygen atoms in total. The predicted molar refractivity (Wildman–Crippen MR) is 110 cm³/mol. The van der Waals surface area contributed by atoms with Gasteiger partial charge in [0.25, 0.3) is 5.91 Å². The van der Waals surface area contributed by atoms with Crippen LogP contribution >= 0.6 is 0 Å². The smallest absolute Gasteiger partial charge is 0.256 e. The molecule has 6 heteroatoms. The van der Waals surface area contributed by atoms with Gasteiger partial charge in [0.05, 0.1) is 11.8 Å². The zero-order chi connectivity index (χ0) is 20.2. The van der Waals surface area contributed by atoms with Crippen molar-refractivity contribution >= 4 is 22.6 Å². The van der Waals surface area contributed by atoms with Gasteiger partial charge < -0.3 is 19.6 Å². The summed E-state index contributed by atoms with van der Waals surface area (Å²) in [5.74, 6) is -0.166. The number of hydrogen-bond acceptors (Lipinski definition) is 5. The molecule has 0 bridgehead atoms. The van der Waals surface area contributed by atoms with Gasteiger partial charge in [-0.15, -0.1) is 0 Å². The summed E-state index contributed by atoms with van der Waals surface area (Å²) in [6.07, 6.45) is 2.91. The van der Waals surface area contributed by atoms with Gasteiger partial charge in [0, 0.05) is 24.6 Å². The third kappa shape index (κ3) is 4.49. The van der Waals surface area contributed by atoms with Crippen molar-refractivity contribution in [3.05, 3.63) is 65.2 Å². The van der Waals surface area contributed by atoms with Crippen molar-refractivity contribution in [2.45, 2.75) is 32.3 Å². The molecular formula is C23H24N2O4. The fourth-order valence-electron chi connectivity index (χ4n) is 3.42. The molecule has 2 heterocycles. The second-order valence-electron chi connectivity index (χ2n) is 7.17. The van der Waals surface area contributed by atoms with E-state index in [4.69, 9.17) is 9.15 Å². The zero-order valence-electron chi connectivity index (χ0n) is 16.4. The number of aromatic hydroxyl groups is 1. The Kier molecular flexibility index (Phi) is 5.62.